The Morgan fingerprint density at radius 3 is 2.25 bits per heavy atom. The Bertz CT molecular complexity index is 544. The Kier molecular flexibility index (Phi) is 8.32. The van der Waals surface area contributed by atoms with Crippen molar-refractivity contribution in [1.29, 1.82) is 0 Å². The summed E-state index contributed by atoms with van der Waals surface area (Å²) in [6, 6.07) is 7.43. The zero-order valence-electron chi connectivity index (χ0n) is 14.1. The number of carbonyl (C=O) groups excluding carboxylic acids is 3. The molecule has 3 amide bonds. The summed E-state index contributed by atoms with van der Waals surface area (Å²) in [5.41, 5.74) is 5.95. The minimum atomic E-state index is -0.939. The molecule has 0 aliphatic rings. The molecule has 4 N–H and O–H groups in total. The maximum absolute atomic E-state index is 12.1. The first-order chi connectivity index (χ1) is 11.5. The van der Waals surface area contributed by atoms with Gasteiger partial charge in [-0.2, -0.15) is 0 Å². The van der Waals surface area contributed by atoms with Crippen LogP contribution in [-0.4, -0.2) is 36.6 Å². The predicted octanol–water partition coefficient (Wildman–Crippen LogP) is 1.11. The van der Waals surface area contributed by atoms with Gasteiger partial charge in [-0.25, -0.2) is 9.59 Å². The van der Waals surface area contributed by atoms with Crippen LogP contribution in [0, 0.1) is 0 Å². The summed E-state index contributed by atoms with van der Waals surface area (Å²) in [4.78, 5) is 35.0. The van der Waals surface area contributed by atoms with Crippen molar-refractivity contribution in [3.8, 4) is 0 Å². The number of hydrogen-bond acceptors (Lipinski definition) is 4. The van der Waals surface area contributed by atoms with E-state index in [9.17, 15) is 14.4 Å². The number of carbonyl (C=O) groups is 3. The molecule has 24 heavy (non-hydrogen) atoms. The fourth-order valence-electron chi connectivity index (χ4n) is 2.21. The SMILES string of the molecule is CCC(CC)NC(=O)COC(=O)[C@H](Cc1ccccc1)NC(N)=O. The average molecular weight is 335 g/mol. The van der Waals surface area contributed by atoms with E-state index in [2.05, 4.69) is 10.6 Å². The molecule has 0 bridgehead atoms. The lowest BCUT2D eigenvalue weighted by Crippen LogP contribution is -2.46. The standard InChI is InChI=1S/C17H25N3O4/c1-3-13(4-2)19-15(21)11-24-16(22)14(20-17(18)23)10-12-8-6-5-7-9-12/h5-9,13-14H,3-4,10-11H2,1-2H3,(H,19,21)(H3,18,20,23)/t14-/m0/s1. The molecule has 1 aromatic rings. The fraction of sp³-hybridized carbons (Fsp3) is 0.471. The average Bonchev–Trinajstić information content (AvgIpc) is 2.57. The lowest BCUT2D eigenvalue weighted by molar-refractivity contribution is -0.150. The fourth-order valence-corrected chi connectivity index (χ4v) is 2.21. The van der Waals surface area contributed by atoms with Crippen molar-refractivity contribution in [3.05, 3.63) is 35.9 Å². The van der Waals surface area contributed by atoms with Gasteiger partial charge in [0.15, 0.2) is 6.61 Å². The van der Waals surface area contributed by atoms with Crippen LogP contribution in [0.1, 0.15) is 32.3 Å². The van der Waals surface area contributed by atoms with E-state index in [1.165, 1.54) is 0 Å². The van der Waals surface area contributed by atoms with E-state index in [1.807, 2.05) is 44.2 Å². The Hall–Kier alpha value is -2.57. The summed E-state index contributed by atoms with van der Waals surface area (Å²) in [6.07, 6.45) is 1.84. The third-order valence-electron chi connectivity index (χ3n) is 3.58. The third kappa shape index (κ3) is 7.13. The third-order valence-corrected chi connectivity index (χ3v) is 3.58. The van der Waals surface area contributed by atoms with Gasteiger partial charge in [0.1, 0.15) is 6.04 Å². The molecule has 1 rings (SSSR count). The highest BCUT2D eigenvalue weighted by atomic mass is 16.5. The molecule has 0 unspecified atom stereocenters. The van der Waals surface area contributed by atoms with Crippen LogP contribution >= 0.6 is 0 Å². The van der Waals surface area contributed by atoms with Crippen molar-refractivity contribution in [2.45, 2.75) is 45.2 Å². The number of esters is 1. The van der Waals surface area contributed by atoms with E-state index in [-0.39, 0.29) is 25.0 Å². The lowest BCUT2D eigenvalue weighted by atomic mass is 10.1. The molecule has 0 heterocycles. The van der Waals surface area contributed by atoms with Gasteiger partial charge in [0, 0.05) is 12.5 Å². The maximum Gasteiger partial charge on any atom is 0.329 e. The Morgan fingerprint density at radius 2 is 1.71 bits per heavy atom. The van der Waals surface area contributed by atoms with Crippen molar-refractivity contribution in [1.82, 2.24) is 10.6 Å². The topological polar surface area (TPSA) is 111 Å². The molecule has 7 heteroatoms. The molecule has 0 spiro atoms. The van der Waals surface area contributed by atoms with Gasteiger partial charge in [0.2, 0.25) is 0 Å². The lowest BCUT2D eigenvalue weighted by Gasteiger charge is -2.18. The summed E-state index contributed by atoms with van der Waals surface area (Å²) < 4.78 is 5.01. The number of primary amides is 1. The molecule has 0 radical (unpaired) electrons. The molecule has 0 saturated carbocycles. The van der Waals surface area contributed by atoms with E-state index < -0.39 is 18.0 Å². The second-order valence-corrected chi connectivity index (χ2v) is 5.44. The van der Waals surface area contributed by atoms with E-state index in [1.54, 1.807) is 0 Å². The number of nitrogens with two attached hydrogens (primary N) is 1. The highest BCUT2D eigenvalue weighted by molar-refractivity contribution is 5.85. The molecule has 1 atom stereocenters. The van der Waals surface area contributed by atoms with Crippen molar-refractivity contribution in [2.75, 3.05) is 6.61 Å². The van der Waals surface area contributed by atoms with Crippen LogP contribution in [0.4, 0.5) is 4.79 Å². The summed E-state index contributed by atoms with van der Waals surface area (Å²) in [5.74, 6) is -1.06. The summed E-state index contributed by atoms with van der Waals surface area (Å²) in [7, 11) is 0. The molecule has 7 nitrogen and oxygen atoms in total. The Morgan fingerprint density at radius 1 is 1.08 bits per heavy atom. The molecular weight excluding hydrogens is 310 g/mol. The number of ether oxygens (including phenoxy) is 1. The molecule has 0 fully saturated rings. The Labute approximate surface area is 141 Å². The van der Waals surface area contributed by atoms with E-state index in [4.69, 9.17) is 10.5 Å². The van der Waals surface area contributed by atoms with Crippen LogP contribution in [0.25, 0.3) is 0 Å². The molecule has 0 aliphatic carbocycles. The molecule has 0 aliphatic heterocycles. The largest absolute Gasteiger partial charge is 0.454 e. The predicted molar refractivity (Wildman–Crippen MR) is 90.1 cm³/mol. The monoisotopic (exact) mass is 335 g/mol. The van der Waals surface area contributed by atoms with Gasteiger partial charge in [0.05, 0.1) is 0 Å². The van der Waals surface area contributed by atoms with Crippen molar-refractivity contribution < 1.29 is 19.1 Å². The van der Waals surface area contributed by atoms with E-state index >= 15 is 0 Å². The van der Waals surface area contributed by atoms with Crippen LogP contribution in [0.2, 0.25) is 0 Å². The molecule has 132 valence electrons. The molecule has 0 aromatic heterocycles. The van der Waals surface area contributed by atoms with Gasteiger partial charge < -0.3 is 21.1 Å². The second kappa shape index (κ2) is 10.3. The normalized spacial score (nSPS) is 11.6. The quantitative estimate of drug-likeness (QED) is 0.587. The first kappa shape index (κ1) is 19.5. The highest BCUT2D eigenvalue weighted by Crippen LogP contribution is 2.05. The number of hydrogen-bond donors (Lipinski definition) is 3. The van der Waals surface area contributed by atoms with Crippen LogP contribution in [-0.2, 0) is 20.7 Å². The first-order valence-corrected chi connectivity index (χ1v) is 8.02. The zero-order chi connectivity index (χ0) is 17.9. The van der Waals surface area contributed by atoms with Gasteiger partial charge in [-0.1, -0.05) is 44.2 Å². The molecule has 0 saturated heterocycles. The van der Waals surface area contributed by atoms with Crippen molar-refractivity contribution >= 4 is 17.9 Å². The molecule has 1 aromatic carbocycles. The van der Waals surface area contributed by atoms with Crippen LogP contribution in [0.5, 0.6) is 0 Å². The molecular formula is C17H25N3O4. The minimum absolute atomic E-state index is 0.0556. The zero-order valence-corrected chi connectivity index (χ0v) is 14.1. The maximum atomic E-state index is 12.1. The number of amides is 3. The van der Waals surface area contributed by atoms with Crippen LogP contribution in [0.15, 0.2) is 30.3 Å². The number of urea groups is 1. The van der Waals surface area contributed by atoms with Gasteiger partial charge >= 0.3 is 12.0 Å². The van der Waals surface area contributed by atoms with E-state index in [0.717, 1.165) is 18.4 Å². The van der Waals surface area contributed by atoms with Crippen molar-refractivity contribution in [3.63, 3.8) is 0 Å². The minimum Gasteiger partial charge on any atom is -0.454 e. The second-order valence-electron chi connectivity index (χ2n) is 5.44. The number of nitrogens with one attached hydrogen (secondary N) is 2. The summed E-state index contributed by atoms with van der Waals surface area (Å²) in [6.45, 7) is 3.54. The van der Waals surface area contributed by atoms with Gasteiger partial charge in [-0.15, -0.1) is 0 Å². The number of rotatable bonds is 9. The smallest absolute Gasteiger partial charge is 0.329 e. The van der Waals surface area contributed by atoms with Crippen LogP contribution < -0.4 is 16.4 Å². The van der Waals surface area contributed by atoms with Crippen molar-refractivity contribution in [2.24, 2.45) is 5.73 Å². The summed E-state index contributed by atoms with van der Waals surface area (Å²) in [5, 5.41) is 5.12. The van der Waals surface area contributed by atoms with Gasteiger partial charge in [-0.05, 0) is 18.4 Å². The number of benzene rings is 1. The van der Waals surface area contributed by atoms with Gasteiger partial charge in [-0.3, -0.25) is 4.79 Å². The highest BCUT2D eigenvalue weighted by Gasteiger charge is 2.23. The first-order valence-electron chi connectivity index (χ1n) is 8.02. The van der Waals surface area contributed by atoms with E-state index in [0.29, 0.717) is 0 Å². The summed E-state index contributed by atoms with van der Waals surface area (Å²) >= 11 is 0. The Balaban J connectivity index is 2.58. The van der Waals surface area contributed by atoms with Crippen LogP contribution in [0.3, 0.4) is 0 Å². The van der Waals surface area contributed by atoms with Gasteiger partial charge in [0.25, 0.3) is 5.91 Å².